The quantitative estimate of drug-likeness (QED) is 0.856. The van der Waals surface area contributed by atoms with Crippen molar-refractivity contribution < 1.29 is 9.53 Å². The summed E-state index contributed by atoms with van der Waals surface area (Å²) in [4.78, 5) is 14.3. The van der Waals surface area contributed by atoms with E-state index in [9.17, 15) is 4.79 Å². The molecule has 0 bridgehead atoms. The molecule has 0 radical (unpaired) electrons. The molecular formula is C16H15Cl2NO2. The van der Waals surface area contributed by atoms with Gasteiger partial charge in [-0.3, -0.25) is 9.63 Å². The minimum absolute atomic E-state index is 0.442. The van der Waals surface area contributed by atoms with Gasteiger partial charge in [0.05, 0.1) is 0 Å². The molecule has 1 N–H and O–H groups in total. The third-order valence-corrected chi connectivity index (χ3v) is 3.89. The van der Waals surface area contributed by atoms with Crippen molar-refractivity contribution in [2.75, 3.05) is 0 Å². The molecule has 0 aliphatic rings. The van der Waals surface area contributed by atoms with Gasteiger partial charge in [0.2, 0.25) is 5.60 Å². The number of rotatable bonds is 4. The Labute approximate surface area is 133 Å². The number of hydrogen-bond acceptors (Lipinski definition) is 2. The number of ether oxygens (including phenoxy) is 1. The number of aryl methyl sites for hydroxylation is 1. The van der Waals surface area contributed by atoms with Gasteiger partial charge in [0, 0.05) is 22.4 Å². The van der Waals surface area contributed by atoms with Gasteiger partial charge in [0.1, 0.15) is 5.75 Å². The SMILES string of the molecule is Cc1cc(OC(C)(C(=O)NCl)c2ccccc2)ccc1Cl. The van der Waals surface area contributed by atoms with Crippen LogP contribution in [0.15, 0.2) is 48.5 Å². The lowest BCUT2D eigenvalue weighted by Gasteiger charge is -2.29. The molecular weight excluding hydrogens is 309 g/mol. The van der Waals surface area contributed by atoms with Gasteiger partial charge >= 0.3 is 0 Å². The van der Waals surface area contributed by atoms with Crippen molar-refractivity contribution >= 4 is 29.3 Å². The van der Waals surface area contributed by atoms with E-state index in [1.807, 2.05) is 37.3 Å². The second-order valence-corrected chi connectivity index (χ2v) is 5.43. The summed E-state index contributed by atoms with van der Waals surface area (Å²) in [5.41, 5.74) is 0.343. The highest BCUT2D eigenvalue weighted by atomic mass is 35.5. The maximum atomic E-state index is 12.2. The molecule has 0 saturated carbocycles. The van der Waals surface area contributed by atoms with Crippen LogP contribution in [-0.4, -0.2) is 5.91 Å². The zero-order valence-electron chi connectivity index (χ0n) is 11.7. The summed E-state index contributed by atoms with van der Waals surface area (Å²) in [6.07, 6.45) is 0. The Kier molecular flexibility index (Phi) is 4.76. The Morgan fingerprint density at radius 3 is 2.43 bits per heavy atom. The number of nitrogens with one attached hydrogen (secondary N) is 1. The Balaban J connectivity index is 2.41. The van der Waals surface area contributed by atoms with Crippen molar-refractivity contribution in [1.29, 1.82) is 0 Å². The van der Waals surface area contributed by atoms with Crippen molar-refractivity contribution in [3.05, 3.63) is 64.7 Å². The van der Waals surface area contributed by atoms with Crippen LogP contribution in [0, 0.1) is 6.92 Å². The predicted octanol–water partition coefficient (Wildman–Crippen LogP) is 4.21. The molecule has 0 aromatic heterocycles. The summed E-state index contributed by atoms with van der Waals surface area (Å²) in [5.74, 6) is 0.103. The number of amides is 1. The van der Waals surface area contributed by atoms with Crippen LogP contribution in [-0.2, 0) is 10.4 Å². The van der Waals surface area contributed by atoms with Crippen molar-refractivity contribution in [1.82, 2.24) is 4.84 Å². The van der Waals surface area contributed by atoms with Gasteiger partial charge in [0.25, 0.3) is 5.91 Å². The monoisotopic (exact) mass is 323 g/mol. The zero-order valence-corrected chi connectivity index (χ0v) is 13.2. The molecule has 0 aliphatic heterocycles. The predicted molar refractivity (Wildman–Crippen MR) is 84.6 cm³/mol. The van der Waals surface area contributed by atoms with E-state index in [1.165, 1.54) is 0 Å². The highest BCUT2D eigenvalue weighted by molar-refractivity contribution is 6.31. The second-order valence-electron chi connectivity index (χ2n) is 4.84. The van der Waals surface area contributed by atoms with E-state index < -0.39 is 11.5 Å². The lowest BCUT2D eigenvalue weighted by molar-refractivity contribution is -0.134. The van der Waals surface area contributed by atoms with Crippen molar-refractivity contribution in [2.24, 2.45) is 0 Å². The first-order valence-corrected chi connectivity index (χ1v) is 7.14. The van der Waals surface area contributed by atoms with Gasteiger partial charge in [-0.15, -0.1) is 0 Å². The molecule has 1 unspecified atom stereocenters. The fraction of sp³-hybridized carbons (Fsp3) is 0.188. The number of carbonyl (C=O) groups is 1. The average Bonchev–Trinajstić information content (AvgIpc) is 2.51. The molecule has 0 aliphatic carbocycles. The molecule has 0 heterocycles. The molecule has 0 saturated heterocycles. The van der Waals surface area contributed by atoms with Gasteiger partial charge < -0.3 is 4.74 Å². The van der Waals surface area contributed by atoms with E-state index in [4.69, 9.17) is 28.1 Å². The van der Waals surface area contributed by atoms with E-state index in [2.05, 4.69) is 4.84 Å². The molecule has 2 rings (SSSR count). The van der Waals surface area contributed by atoms with Gasteiger partial charge in [-0.05, 0) is 37.6 Å². The summed E-state index contributed by atoms with van der Waals surface area (Å²) < 4.78 is 5.92. The molecule has 2 aromatic rings. The van der Waals surface area contributed by atoms with E-state index in [1.54, 1.807) is 25.1 Å². The third-order valence-electron chi connectivity index (χ3n) is 3.30. The summed E-state index contributed by atoms with van der Waals surface area (Å²) in [5, 5.41) is 0.644. The first-order valence-electron chi connectivity index (χ1n) is 6.39. The largest absolute Gasteiger partial charge is 0.473 e. The highest BCUT2D eigenvalue weighted by Crippen LogP contribution is 2.30. The maximum absolute atomic E-state index is 12.2. The summed E-state index contributed by atoms with van der Waals surface area (Å²) in [6.45, 7) is 3.54. The molecule has 3 nitrogen and oxygen atoms in total. The third kappa shape index (κ3) is 3.31. The molecule has 1 amide bonds. The Bertz CT molecular complexity index is 646. The Morgan fingerprint density at radius 1 is 1.19 bits per heavy atom. The zero-order chi connectivity index (χ0) is 15.5. The molecule has 0 spiro atoms. The number of carbonyl (C=O) groups excluding carboxylic acids is 1. The molecule has 5 heteroatoms. The van der Waals surface area contributed by atoms with Gasteiger partial charge in [-0.1, -0.05) is 41.9 Å². The number of benzene rings is 2. The highest BCUT2D eigenvalue weighted by Gasteiger charge is 2.37. The van der Waals surface area contributed by atoms with Crippen LogP contribution in [0.25, 0.3) is 0 Å². The number of halogens is 2. The molecule has 2 aromatic carbocycles. The lowest BCUT2D eigenvalue weighted by atomic mass is 9.95. The van der Waals surface area contributed by atoms with E-state index in [-0.39, 0.29) is 0 Å². The topological polar surface area (TPSA) is 38.3 Å². The molecule has 1 atom stereocenters. The average molecular weight is 324 g/mol. The van der Waals surface area contributed by atoms with Crippen LogP contribution < -0.4 is 9.57 Å². The van der Waals surface area contributed by atoms with Crippen LogP contribution in [0.5, 0.6) is 5.75 Å². The Hall–Kier alpha value is -1.71. The summed E-state index contributed by atoms with van der Waals surface area (Å²) in [7, 11) is 0. The first-order chi connectivity index (χ1) is 9.97. The summed E-state index contributed by atoms with van der Waals surface area (Å²) in [6, 6.07) is 14.4. The fourth-order valence-corrected chi connectivity index (χ4v) is 2.30. The van der Waals surface area contributed by atoms with Gasteiger partial charge in [0.15, 0.2) is 0 Å². The fourth-order valence-electron chi connectivity index (χ4n) is 2.00. The van der Waals surface area contributed by atoms with E-state index in [0.717, 1.165) is 5.56 Å². The van der Waals surface area contributed by atoms with Crippen molar-refractivity contribution in [3.63, 3.8) is 0 Å². The Morgan fingerprint density at radius 2 is 1.86 bits per heavy atom. The lowest BCUT2D eigenvalue weighted by Crippen LogP contribution is -2.43. The van der Waals surface area contributed by atoms with Crippen molar-refractivity contribution in [2.45, 2.75) is 19.4 Å². The first kappa shape index (κ1) is 15.7. The van der Waals surface area contributed by atoms with E-state index >= 15 is 0 Å². The maximum Gasteiger partial charge on any atom is 0.282 e. The second kappa shape index (κ2) is 6.37. The normalized spacial score (nSPS) is 13.3. The van der Waals surface area contributed by atoms with Crippen LogP contribution in [0.4, 0.5) is 0 Å². The smallest absolute Gasteiger partial charge is 0.282 e. The van der Waals surface area contributed by atoms with Crippen LogP contribution in [0.3, 0.4) is 0 Å². The minimum atomic E-state index is -1.23. The van der Waals surface area contributed by atoms with Gasteiger partial charge in [-0.25, -0.2) is 0 Å². The van der Waals surface area contributed by atoms with Crippen molar-refractivity contribution in [3.8, 4) is 5.75 Å². The van der Waals surface area contributed by atoms with Gasteiger partial charge in [-0.2, -0.15) is 0 Å². The van der Waals surface area contributed by atoms with Crippen LogP contribution in [0.2, 0.25) is 5.02 Å². The molecule has 110 valence electrons. The minimum Gasteiger partial charge on any atom is -0.473 e. The van der Waals surface area contributed by atoms with E-state index in [0.29, 0.717) is 16.3 Å². The summed E-state index contributed by atoms with van der Waals surface area (Å²) >= 11 is 11.5. The molecule has 21 heavy (non-hydrogen) atoms. The molecule has 0 fully saturated rings. The van der Waals surface area contributed by atoms with Crippen LogP contribution >= 0.6 is 23.4 Å². The standard InChI is InChI=1S/C16H15Cl2NO2/c1-11-10-13(8-9-14(11)17)21-16(2,15(20)19-18)12-6-4-3-5-7-12/h3-10H,1-2H3,(H,19,20). The van der Waals surface area contributed by atoms with Crippen LogP contribution in [0.1, 0.15) is 18.1 Å². The number of hydrogen-bond donors (Lipinski definition) is 1.